The van der Waals surface area contributed by atoms with Crippen LogP contribution >= 0.6 is 0 Å². The van der Waals surface area contributed by atoms with E-state index in [9.17, 15) is 13.2 Å². The summed E-state index contributed by atoms with van der Waals surface area (Å²) in [5.74, 6) is -0.182. The highest BCUT2D eigenvalue weighted by Gasteiger charge is 2.32. The molecule has 0 aromatic carbocycles. The van der Waals surface area contributed by atoms with E-state index >= 15 is 0 Å². The molecule has 0 spiro atoms. The Kier molecular flexibility index (Phi) is 6.23. The highest BCUT2D eigenvalue weighted by Crippen LogP contribution is 2.19. The lowest BCUT2D eigenvalue weighted by Gasteiger charge is -2.31. The molecule has 2 atom stereocenters. The van der Waals surface area contributed by atoms with E-state index in [1.54, 1.807) is 32.7 Å². The second kappa shape index (κ2) is 7.84. The Labute approximate surface area is 150 Å². The van der Waals surface area contributed by atoms with Crippen molar-refractivity contribution in [2.45, 2.75) is 57.5 Å². The van der Waals surface area contributed by atoms with E-state index in [0.717, 1.165) is 25.9 Å². The van der Waals surface area contributed by atoms with Crippen LogP contribution in [0.1, 0.15) is 38.1 Å². The molecule has 0 aliphatic carbocycles. The zero-order valence-corrected chi connectivity index (χ0v) is 16.5. The van der Waals surface area contributed by atoms with Gasteiger partial charge < -0.3 is 10.2 Å². The van der Waals surface area contributed by atoms with Gasteiger partial charge in [0.1, 0.15) is 4.90 Å². The molecule has 0 saturated carbocycles. The van der Waals surface area contributed by atoms with E-state index in [4.69, 9.17) is 0 Å². The smallest absolute Gasteiger partial charge is 0.244 e. The van der Waals surface area contributed by atoms with Crippen molar-refractivity contribution in [2.75, 3.05) is 19.6 Å². The standard InChI is InChI=1S/C16H29N5O3S/c1-6-9-21(14-7-8-17-10-14)16(22)12(3)19-25(23,24)15-11(2)18-20(5)13(15)4/h12,14,17,19H,6-10H2,1-5H3. The van der Waals surface area contributed by atoms with Crippen molar-refractivity contribution in [1.29, 1.82) is 0 Å². The molecule has 2 rings (SSSR count). The lowest BCUT2D eigenvalue weighted by atomic mass is 10.1. The molecule has 1 aliphatic heterocycles. The third kappa shape index (κ3) is 4.21. The molecule has 8 nitrogen and oxygen atoms in total. The zero-order valence-electron chi connectivity index (χ0n) is 15.7. The summed E-state index contributed by atoms with van der Waals surface area (Å²) in [7, 11) is -2.11. The number of carbonyl (C=O) groups is 1. The Balaban J connectivity index is 2.18. The fourth-order valence-corrected chi connectivity index (χ4v) is 4.99. The van der Waals surface area contributed by atoms with Crippen molar-refractivity contribution in [3.63, 3.8) is 0 Å². The molecule has 2 unspecified atom stereocenters. The summed E-state index contributed by atoms with van der Waals surface area (Å²) in [5, 5.41) is 7.40. The topological polar surface area (TPSA) is 96.3 Å². The van der Waals surface area contributed by atoms with Gasteiger partial charge in [0.25, 0.3) is 0 Å². The number of hydrogen-bond acceptors (Lipinski definition) is 5. The summed E-state index contributed by atoms with van der Waals surface area (Å²) >= 11 is 0. The van der Waals surface area contributed by atoms with Crippen molar-refractivity contribution in [3.05, 3.63) is 11.4 Å². The van der Waals surface area contributed by atoms with Crippen LogP contribution in [0.5, 0.6) is 0 Å². The summed E-state index contributed by atoms with van der Waals surface area (Å²) in [6.45, 7) is 9.24. The van der Waals surface area contributed by atoms with Gasteiger partial charge in [-0.2, -0.15) is 9.82 Å². The van der Waals surface area contributed by atoms with Gasteiger partial charge in [0, 0.05) is 26.2 Å². The van der Waals surface area contributed by atoms with Crippen LogP contribution < -0.4 is 10.0 Å². The number of amides is 1. The number of nitrogens with zero attached hydrogens (tertiary/aromatic N) is 3. The van der Waals surface area contributed by atoms with Crippen LogP contribution in [0.4, 0.5) is 0 Å². The fourth-order valence-electron chi connectivity index (χ4n) is 3.35. The molecule has 1 aliphatic rings. The van der Waals surface area contributed by atoms with Crippen LogP contribution in [0, 0.1) is 13.8 Å². The third-order valence-electron chi connectivity index (χ3n) is 4.64. The van der Waals surface area contributed by atoms with E-state index < -0.39 is 16.1 Å². The zero-order chi connectivity index (χ0) is 18.8. The molecule has 142 valence electrons. The Morgan fingerprint density at radius 1 is 1.48 bits per heavy atom. The lowest BCUT2D eigenvalue weighted by molar-refractivity contribution is -0.134. The van der Waals surface area contributed by atoms with E-state index in [1.165, 1.54) is 4.68 Å². The minimum Gasteiger partial charge on any atom is -0.337 e. The van der Waals surface area contributed by atoms with Crippen LogP contribution in [-0.4, -0.2) is 60.7 Å². The SMILES string of the molecule is CCCN(C(=O)C(C)NS(=O)(=O)c1c(C)nn(C)c1C)C1CCNC1. The molecule has 0 radical (unpaired) electrons. The van der Waals surface area contributed by atoms with Crippen molar-refractivity contribution in [2.24, 2.45) is 7.05 Å². The van der Waals surface area contributed by atoms with Gasteiger partial charge in [-0.15, -0.1) is 0 Å². The predicted molar refractivity (Wildman–Crippen MR) is 95.7 cm³/mol. The molecule has 1 fully saturated rings. The largest absolute Gasteiger partial charge is 0.337 e. The minimum atomic E-state index is -3.81. The quantitative estimate of drug-likeness (QED) is 0.719. The maximum atomic E-state index is 12.9. The summed E-state index contributed by atoms with van der Waals surface area (Å²) < 4.78 is 29.6. The van der Waals surface area contributed by atoms with Gasteiger partial charge in [-0.25, -0.2) is 8.42 Å². The fraction of sp³-hybridized carbons (Fsp3) is 0.750. The van der Waals surface area contributed by atoms with Gasteiger partial charge in [-0.1, -0.05) is 6.92 Å². The summed E-state index contributed by atoms with van der Waals surface area (Å²) in [5.41, 5.74) is 0.979. The molecule has 9 heteroatoms. The van der Waals surface area contributed by atoms with Crippen molar-refractivity contribution in [1.82, 2.24) is 24.7 Å². The highest BCUT2D eigenvalue weighted by atomic mass is 32.2. The van der Waals surface area contributed by atoms with Crippen molar-refractivity contribution < 1.29 is 13.2 Å². The summed E-state index contributed by atoms with van der Waals surface area (Å²) in [4.78, 5) is 14.8. The first kappa shape index (κ1) is 19.9. The maximum absolute atomic E-state index is 12.9. The number of rotatable bonds is 7. The van der Waals surface area contributed by atoms with Gasteiger partial charge in [-0.05, 0) is 40.2 Å². The van der Waals surface area contributed by atoms with Gasteiger partial charge >= 0.3 is 0 Å². The average molecular weight is 372 g/mol. The summed E-state index contributed by atoms with van der Waals surface area (Å²) in [6, 6.07) is -0.697. The van der Waals surface area contributed by atoms with Gasteiger partial charge in [-0.3, -0.25) is 9.48 Å². The first-order valence-electron chi connectivity index (χ1n) is 8.72. The highest BCUT2D eigenvalue weighted by molar-refractivity contribution is 7.89. The van der Waals surface area contributed by atoms with E-state index in [2.05, 4.69) is 15.1 Å². The predicted octanol–water partition coefficient (Wildman–Crippen LogP) is 0.304. The van der Waals surface area contributed by atoms with Gasteiger partial charge in [0.05, 0.1) is 17.4 Å². The lowest BCUT2D eigenvalue weighted by Crippen LogP contribution is -2.51. The molecular weight excluding hydrogens is 342 g/mol. The van der Waals surface area contributed by atoms with E-state index in [-0.39, 0.29) is 16.8 Å². The van der Waals surface area contributed by atoms with Crippen molar-refractivity contribution >= 4 is 15.9 Å². The number of hydrogen-bond donors (Lipinski definition) is 2. The molecular formula is C16H29N5O3S. The van der Waals surface area contributed by atoms with Crippen LogP contribution in [0.3, 0.4) is 0 Å². The Hall–Kier alpha value is -1.45. The number of aryl methyl sites for hydroxylation is 2. The number of sulfonamides is 1. The molecule has 1 aromatic rings. The number of carbonyl (C=O) groups excluding carboxylic acids is 1. The Morgan fingerprint density at radius 2 is 2.16 bits per heavy atom. The molecule has 1 amide bonds. The number of nitrogens with one attached hydrogen (secondary N) is 2. The second-order valence-corrected chi connectivity index (χ2v) is 8.30. The van der Waals surface area contributed by atoms with Crippen molar-refractivity contribution in [3.8, 4) is 0 Å². The maximum Gasteiger partial charge on any atom is 0.244 e. The first-order valence-corrected chi connectivity index (χ1v) is 10.2. The Bertz CT molecular complexity index is 722. The van der Waals surface area contributed by atoms with E-state index in [1.807, 2.05) is 6.92 Å². The normalized spacial score (nSPS) is 19.2. The third-order valence-corrected chi connectivity index (χ3v) is 6.43. The monoisotopic (exact) mass is 371 g/mol. The van der Waals surface area contributed by atoms with Crippen LogP contribution in [0.25, 0.3) is 0 Å². The molecule has 2 N–H and O–H groups in total. The summed E-state index contributed by atoms with van der Waals surface area (Å²) in [6.07, 6.45) is 1.73. The molecule has 1 saturated heterocycles. The second-order valence-electron chi connectivity index (χ2n) is 6.64. The molecule has 1 aromatic heterocycles. The molecule has 25 heavy (non-hydrogen) atoms. The van der Waals surface area contributed by atoms with Gasteiger partial charge in [0.2, 0.25) is 15.9 Å². The van der Waals surface area contributed by atoms with Crippen LogP contribution in [-0.2, 0) is 21.9 Å². The van der Waals surface area contributed by atoms with E-state index in [0.29, 0.717) is 17.9 Å². The molecule has 0 bridgehead atoms. The Morgan fingerprint density at radius 3 is 2.64 bits per heavy atom. The molecule has 2 heterocycles. The van der Waals surface area contributed by atoms with Crippen LogP contribution in [0.15, 0.2) is 4.90 Å². The first-order chi connectivity index (χ1) is 11.7. The van der Waals surface area contributed by atoms with Gasteiger partial charge in [0.15, 0.2) is 0 Å². The number of aromatic nitrogens is 2. The average Bonchev–Trinajstić information content (AvgIpc) is 3.12. The van der Waals surface area contributed by atoms with Crippen LogP contribution in [0.2, 0.25) is 0 Å². The minimum absolute atomic E-state index is 0.126.